The van der Waals surface area contributed by atoms with Crippen molar-refractivity contribution in [3.8, 4) is 0 Å². The van der Waals surface area contributed by atoms with E-state index in [1.165, 1.54) is 10.9 Å². The number of nitrogens with one attached hydrogen (secondary N) is 1. The van der Waals surface area contributed by atoms with E-state index < -0.39 is 36.5 Å². The molecule has 1 aliphatic heterocycles. The van der Waals surface area contributed by atoms with E-state index in [4.69, 9.17) is 31.5 Å². The maximum Gasteiger partial charge on any atom is 0.361 e. The van der Waals surface area contributed by atoms with Gasteiger partial charge in [0.15, 0.2) is 29.2 Å². The molecule has 1 saturated heterocycles. The van der Waals surface area contributed by atoms with Crippen molar-refractivity contribution in [1.82, 2.24) is 24.5 Å². The standard InChI is InChI=1S/C25H25BClN6O6P/c1-13(40-32-26-36)17-18(38-23(34)14-8-4-2-5-9-14)19(39-24(35)15-10-6-3-7-11-15)22(37-17)33-12-29-16-20(27)30-25(28)31-21(16)33/h2-13,17-19,22,26,32,36,40H,1H3,(H2,28,30,31)/t13-,17+,18+,19+,22+/m0/s1. The molecule has 15 heteroatoms. The van der Waals surface area contributed by atoms with Crippen LogP contribution in [0.1, 0.15) is 33.9 Å². The van der Waals surface area contributed by atoms with Crippen molar-refractivity contribution in [3.05, 3.63) is 83.3 Å². The first-order valence-electron chi connectivity index (χ1n) is 12.3. The van der Waals surface area contributed by atoms with Crippen LogP contribution in [0.4, 0.5) is 5.95 Å². The summed E-state index contributed by atoms with van der Waals surface area (Å²) in [4.78, 5) is 41.9. The number of nitrogens with zero attached hydrogens (tertiary/aromatic N) is 4. The maximum atomic E-state index is 13.3. The molecule has 5 rings (SSSR count). The van der Waals surface area contributed by atoms with Crippen LogP contribution in [0.25, 0.3) is 11.2 Å². The molecule has 1 fully saturated rings. The predicted molar refractivity (Wildman–Crippen MR) is 150 cm³/mol. The fraction of sp³-hybridized carbons (Fsp3) is 0.240. The Bertz CT molecular complexity index is 1500. The van der Waals surface area contributed by atoms with E-state index >= 15 is 0 Å². The lowest BCUT2D eigenvalue weighted by molar-refractivity contribution is -0.0486. The highest BCUT2D eigenvalue weighted by Crippen LogP contribution is 2.41. The van der Waals surface area contributed by atoms with Gasteiger partial charge in [-0.3, -0.25) is 4.57 Å². The number of nitrogen functional groups attached to an aromatic ring is 1. The van der Waals surface area contributed by atoms with Crippen molar-refractivity contribution in [1.29, 1.82) is 0 Å². The number of imidazole rings is 1. The minimum Gasteiger partial charge on any atom is -0.452 e. The number of anilines is 1. The van der Waals surface area contributed by atoms with Crippen LogP contribution in [0, 0.1) is 0 Å². The number of rotatable bonds is 9. The SMILES string of the molecule is C[C@H](PNBO)[C@H]1O[C@@H](n2cnc3c(Cl)nc(N)nc32)[C@H](OC(=O)c2ccccc2)[C@@H]1OC(=O)c1ccccc1. The van der Waals surface area contributed by atoms with Crippen molar-refractivity contribution in [3.63, 3.8) is 0 Å². The van der Waals surface area contributed by atoms with Crippen LogP contribution >= 0.6 is 20.3 Å². The van der Waals surface area contributed by atoms with E-state index in [-0.39, 0.29) is 44.3 Å². The average Bonchev–Trinajstić information content (AvgIpc) is 3.54. The summed E-state index contributed by atoms with van der Waals surface area (Å²) in [6.45, 7) is 1.87. The summed E-state index contributed by atoms with van der Waals surface area (Å²) < 4.78 is 20.0. The number of fused-ring (bicyclic) bond motifs is 1. The number of esters is 2. The van der Waals surface area contributed by atoms with Crippen LogP contribution in [-0.2, 0) is 14.2 Å². The molecular weight excluding hydrogens is 558 g/mol. The zero-order valence-electron chi connectivity index (χ0n) is 21.2. The average molecular weight is 583 g/mol. The molecule has 6 atom stereocenters. The first kappa shape index (κ1) is 27.9. The zero-order chi connectivity index (χ0) is 28.2. The number of carbonyl (C=O) groups is 2. The van der Waals surface area contributed by atoms with E-state index in [2.05, 4.69) is 20.0 Å². The number of halogens is 1. The Hall–Kier alpha value is -3.61. The Morgan fingerprint density at radius 3 is 2.27 bits per heavy atom. The van der Waals surface area contributed by atoms with Crippen LogP contribution < -0.4 is 10.7 Å². The third kappa shape index (κ3) is 5.79. The number of carbonyl (C=O) groups excluding carboxylic acids is 2. The van der Waals surface area contributed by atoms with Gasteiger partial charge >= 0.3 is 19.6 Å². The van der Waals surface area contributed by atoms with Crippen molar-refractivity contribution in [2.24, 2.45) is 0 Å². The molecule has 0 saturated carbocycles. The van der Waals surface area contributed by atoms with Crippen molar-refractivity contribution in [2.75, 3.05) is 5.73 Å². The summed E-state index contributed by atoms with van der Waals surface area (Å²) in [7, 11) is -0.218. The lowest BCUT2D eigenvalue weighted by atomic mass is 10.1. The number of ether oxygens (including phenoxy) is 3. The normalized spacial score (nSPS) is 21.5. The predicted octanol–water partition coefficient (Wildman–Crippen LogP) is 2.24. The van der Waals surface area contributed by atoms with Gasteiger partial charge in [-0.25, -0.2) is 14.6 Å². The van der Waals surface area contributed by atoms with Crippen molar-refractivity contribution < 1.29 is 28.8 Å². The second-order valence-corrected chi connectivity index (χ2v) is 10.8. The molecule has 2 aromatic heterocycles. The van der Waals surface area contributed by atoms with Crippen LogP contribution in [0.15, 0.2) is 67.0 Å². The highest BCUT2D eigenvalue weighted by atomic mass is 35.5. The molecular formula is C25H25BClN6O6P. The van der Waals surface area contributed by atoms with E-state index in [0.29, 0.717) is 11.1 Å². The van der Waals surface area contributed by atoms with Gasteiger partial charge < -0.3 is 30.0 Å². The molecule has 4 N–H and O–H groups in total. The lowest BCUT2D eigenvalue weighted by Gasteiger charge is -2.27. The van der Waals surface area contributed by atoms with Gasteiger partial charge in [-0.15, -0.1) is 0 Å². The molecule has 0 aliphatic carbocycles. The summed E-state index contributed by atoms with van der Waals surface area (Å²) in [5.41, 5.74) is 6.73. The molecule has 1 aliphatic rings. The van der Waals surface area contributed by atoms with Gasteiger partial charge in [0.2, 0.25) is 5.95 Å². The monoisotopic (exact) mass is 582 g/mol. The van der Waals surface area contributed by atoms with Crippen LogP contribution in [0.5, 0.6) is 0 Å². The summed E-state index contributed by atoms with van der Waals surface area (Å²) in [5, 5.41) is 9.38. The Morgan fingerprint density at radius 1 is 1.07 bits per heavy atom. The van der Waals surface area contributed by atoms with Crippen LogP contribution in [0.3, 0.4) is 0 Å². The molecule has 40 heavy (non-hydrogen) atoms. The fourth-order valence-electron chi connectivity index (χ4n) is 4.46. The topological polar surface area (TPSA) is 164 Å². The quantitative estimate of drug-likeness (QED) is 0.115. The largest absolute Gasteiger partial charge is 0.452 e. The molecule has 0 radical (unpaired) electrons. The number of benzene rings is 2. The van der Waals surface area contributed by atoms with E-state index in [9.17, 15) is 14.6 Å². The molecule has 0 bridgehead atoms. The minimum atomic E-state index is -1.13. The van der Waals surface area contributed by atoms with Crippen molar-refractivity contribution >= 4 is 57.0 Å². The third-order valence-corrected chi connectivity index (χ3v) is 7.71. The number of aromatic nitrogens is 4. The molecule has 1 unspecified atom stereocenters. The van der Waals surface area contributed by atoms with Gasteiger partial charge in [0.05, 0.1) is 17.5 Å². The number of nitrogens with two attached hydrogens (primary N) is 1. The minimum absolute atomic E-state index is 0.0313. The number of hydrogen-bond acceptors (Lipinski definition) is 11. The summed E-state index contributed by atoms with van der Waals surface area (Å²) in [6.07, 6.45) is -2.52. The summed E-state index contributed by atoms with van der Waals surface area (Å²) in [6, 6.07) is 16.9. The first-order chi connectivity index (χ1) is 19.4. The summed E-state index contributed by atoms with van der Waals surface area (Å²) >= 11 is 6.25. The van der Waals surface area contributed by atoms with Gasteiger partial charge in [0.1, 0.15) is 11.6 Å². The highest BCUT2D eigenvalue weighted by Gasteiger charge is 2.53. The van der Waals surface area contributed by atoms with E-state index in [0.717, 1.165) is 0 Å². The first-order valence-corrected chi connectivity index (χ1v) is 13.7. The second kappa shape index (κ2) is 12.3. The smallest absolute Gasteiger partial charge is 0.361 e. The van der Waals surface area contributed by atoms with Gasteiger partial charge in [0.25, 0.3) is 0 Å². The Labute approximate surface area is 236 Å². The van der Waals surface area contributed by atoms with Gasteiger partial charge in [-0.1, -0.05) is 63.7 Å². The van der Waals surface area contributed by atoms with Crippen molar-refractivity contribution in [2.45, 2.75) is 37.1 Å². The maximum absolute atomic E-state index is 13.3. The molecule has 0 spiro atoms. The molecule has 206 valence electrons. The molecule has 2 aromatic carbocycles. The van der Waals surface area contributed by atoms with Gasteiger partial charge in [0, 0.05) is 5.66 Å². The van der Waals surface area contributed by atoms with Gasteiger partial charge in [-0.05, 0) is 24.3 Å². The zero-order valence-corrected chi connectivity index (χ0v) is 22.9. The molecule has 4 aromatic rings. The fourth-order valence-corrected chi connectivity index (χ4v) is 5.52. The highest BCUT2D eigenvalue weighted by molar-refractivity contribution is 7.38. The molecule has 12 nitrogen and oxygen atoms in total. The Morgan fingerprint density at radius 2 is 1.68 bits per heavy atom. The molecule has 0 amide bonds. The molecule has 3 heterocycles. The number of hydrogen-bond donors (Lipinski definition) is 3. The third-order valence-electron chi connectivity index (χ3n) is 6.30. The second-order valence-electron chi connectivity index (χ2n) is 8.93. The lowest BCUT2D eigenvalue weighted by Crippen LogP contribution is -2.42. The summed E-state index contributed by atoms with van der Waals surface area (Å²) in [5.74, 6) is -1.34. The van der Waals surface area contributed by atoms with Crippen LogP contribution in [-0.4, -0.2) is 68.1 Å². The van der Waals surface area contributed by atoms with Gasteiger partial charge in [-0.2, -0.15) is 9.97 Å². The van der Waals surface area contributed by atoms with E-state index in [1.807, 2.05) is 6.92 Å². The van der Waals surface area contributed by atoms with E-state index in [1.54, 1.807) is 60.7 Å². The Kier molecular flexibility index (Phi) is 8.58. The van der Waals surface area contributed by atoms with Crippen LogP contribution in [0.2, 0.25) is 5.15 Å². The Balaban J connectivity index is 1.58.